The lowest BCUT2D eigenvalue weighted by Crippen LogP contribution is -2.42. The second-order valence-corrected chi connectivity index (χ2v) is 5.36. The number of rotatable bonds is 5. The van der Waals surface area contributed by atoms with Crippen LogP contribution in [0.4, 0.5) is 5.69 Å². The maximum Gasteiger partial charge on any atom is 0.243 e. The van der Waals surface area contributed by atoms with Gasteiger partial charge in [-0.15, -0.1) is 0 Å². The first kappa shape index (κ1) is 15.3. The first-order valence-electron chi connectivity index (χ1n) is 7.21. The van der Waals surface area contributed by atoms with Crippen molar-refractivity contribution in [2.45, 2.75) is 25.8 Å². The summed E-state index contributed by atoms with van der Waals surface area (Å²) in [6.07, 6.45) is 1.47. The molecular formula is C18H22N2O. The van der Waals surface area contributed by atoms with E-state index < -0.39 is 6.04 Å². The van der Waals surface area contributed by atoms with Gasteiger partial charge in [0.15, 0.2) is 0 Å². The molecule has 0 bridgehead atoms. The molecular weight excluding hydrogens is 260 g/mol. The van der Waals surface area contributed by atoms with Crippen LogP contribution in [-0.4, -0.2) is 19.0 Å². The van der Waals surface area contributed by atoms with E-state index in [2.05, 4.69) is 12.1 Å². The molecule has 0 aliphatic rings. The molecule has 3 heteroatoms. The van der Waals surface area contributed by atoms with Crippen LogP contribution in [-0.2, 0) is 11.2 Å². The topological polar surface area (TPSA) is 46.3 Å². The van der Waals surface area contributed by atoms with E-state index in [1.807, 2.05) is 49.4 Å². The fourth-order valence-electron chi connectivity index (χ4n) is 2.23. The molecule has 2 N–H and O–H groups in total. The van der Waals surface area contributed by atoms with Gasteiger partial charge in [-0.3, -0.25) is 4.79 Å². The molecule has 0 heterocycles. The molecule has 0 fully saturated rings. The SMILES string of the molecule is Cc1ccc(N(C)C(=O)C(N)CCc2ccccc2)cc1. The summed E-state index contributed by atoms with van der Waals surface area (Å²) >= 11 is 0. The van der Waals surface area contributed by atoms with E-state index in [0.717, 1.165) is 12.1 Å². The normalized spacial score (nSPS) is 12.0. The Morgan fingerprint density at radius 2 is 1.71 bits per heavy atom. The Balaban J connectivity index is 1.94. The molecule has 0 saturated heterocycles. The Bertz CT molecular complexity index is 578. The fraction of sp³-hybridized carbons (Fsp3) is 0.278. The number of hydrogen-bond donors (Lipinski definition) is 1. The Hall–Kier alpha value is -2.13. The highest BCUT2D eigenvalue weighted by Crippen LogP contribution is 2.15. The van der Waals surface area contributed by atoms with Gasteiger partial charge in [0, 0.05) is 12.7 Å². The molecule has 21 heavy (non-hydrogen) atoms. The molecule has 2 aromatic carbocycles. The molecule has 2 rings (SSSR count). The van der Waals surface area contributed by atoms with Crippen LogP contribution in [0.15, 0.2) is 54.6 Å². The summed E-state index contributed by atoms with van der Waals surface area (Å²) in [5, 5.41) is 0. The molecule has 1 amide bonds. The van der Waals surface area contributed by atoms with Crippen LogP contribution in [0.25, 0.3) is 0 Å². The lowest BCUT2D eigenvalue weighted by atomic mass is 10.0. The quantitative estimate of drug-likeness (QED) is 0.916. The van der Waals surface area contributed by atoms with Crippen LogP contribution in [0.3, 0.4) is 0 Å². The maximum absolute atomic E-state index is 12.4. The highest BCUT2D eigenvalue weighted by atomic mass is 16.2. The van der Waals surface area contributed by atoms with Crippen LogP contribution in [0.1, 0.15) is 17.5 Å². The summed E-state index contributed by atoms with van der Waals surface area (Å²) < 4.78 is 0. The van der Waals surface area contributed by atoms with Gasteiger partial charge in [-0.2, -0.15) is 0 Å². The van der Waals surface area contributed by atoms with Gasteiger partial charge in [-0.05, 0) is 37.5 Å². The van der Waals surface area contributed by atoms with Crippen LogP contribution >= 0.6 is 0 Å². The maximum atomic E-state index is 12.4. The zero-order chi connectivity index (χ0) is 15.2. The molecule has 110 valence electrons. The Morgan fingerprint density at radius 3 is 2.33 bits per heavy atom. The Morgan fingerprint density at radius 1 is 1.10 bits per heavy atom. The van der Waals surface area contributed by atoms with Gasteiger partial charge in [0.25, 0.3) is 0 Å². The smallest absolute Gasteiger partial charge is 0.243 e. The molecule has 0 radical (unpaired) electrons. The number of amides is 1. The van der Waals surface area contributed by atoms with E-state index in [4.69, 9.17) is 5.73 Å². The van der Waals surface area contributed by atoms with Gasteiger partial charge in [0.05, 0.1) is 6.04 Å². The van der Waals surface area contributed by atoms with Crippen molar-refractivity contribution in [1.82, 2.24) is 0 Å². The Labute approximate surface area is 126 Å². The van der Waals surface area contributed by atoms with E-state index in [9.17, 15) is 4.79 Å². The minimum absolute atomic E-state index is 0.0465. The fourth-order valence-corrected chi connectivity index (χ4v) is 2.23. The summed E-state index contributed by atoms with van der Waals surface area (Å²) in [7, 11) is 1.77. The zero-order valence-corrected chi connectivity index (χ0v) is 12.6. The number of carbonyl (C=O) groups is 1. The monoisotopic (exact) mass is 282 g/mol. The minimum atomic E-state index is -0.475. The molecule has 0 aromatic heterocycles. The predicted octanol–water partition coefficient (Wildman–Crippen LogP) is 2.92. The average molecular weight is 282 g/mol. The molecule has 3 nitrogen and oxygen atoms in total. The van der Waals surface area contributed by atoms with E-state index in [-0.39, 0.29) is 5.91 Å². The molecule has 1 atom stereocenters. The second kappa shape index (κ2) is 7.04. The van der Waals surface area contributed by atoms with Gasteiger partial charge >= 0.3 is 0 Å². The second-order valence-electron chi connectivity index (χ2n) is 5.36. The van der Waals surface area contributed by atoms with Crippen molar-refractivity contribution in [3.8, 4) is 0 Å². The Kier molecular flexibility index (Phi) is 5.12. The van der Waals surface area contributed by atoms with E-state index in [1.165, 1.54) is 11.1 Å². The van der Waals surface area contributed by atoms with E-state index in [1.54, 1.807) is 11.9 Å². The number of benzene rings is 2. The zero-order valence-electron chi connectivity index (χ0n) is 12.6. The van der Waals surface area contributed by atoms with Crippen LogP contribution in [0.2, 0.25) is 0 Å². The van der Waals surface area contributed by atoms with Gasteiger partial charge in [-0.25, -0.2) is 0 Å². The standard InChI is InChI=1S/C18H22N2O/c1-14-8-11-16(12-9-14)20(2)18(21)17(19)13-10-15-6-4-3-5-7-15/h3-9,11-12,17H,10,13,19H2,1-2H3. The summed E-state index contributed by atoms with van der Waals surface area (Å²) in [5.74, 6) is -0.0465. The van der Waals surface area contributed by atoms with Crippen molar-refractivity contribution in [1.29, 1.82) is 0 Å². The molecule has 0 saturated carbocycles. The van der Waals surface area contributed by atoms with Crippen LogP contribution in [0, 0.1) is 6.92 Å². The summed E-state index contributed by atoms with van der Waals surface area (Å²) in [6, 6.07) is 17.5. The lowest BCUT2D eigenvalue weighted by Gasteiger charge is -2.21. The number of carbonyl (C=O) groups excluding carboxylic acids is 1. The molecule has 0 spiro atoms. The van der Waals surface area contributed by atoms with Gasteiger partial charge < -0.3 is 10.6 Å². The number of hydrogen-bond acceptors (Lipinski definition) is 2. The lowest BCUT2D eigenvalue weighted by molar-refractivity contribution is -0.119. The van der Waals surface area contributed by atoms with Crippen LogP contribution in [0.5, 0.6) is 0 Å². The van der Waals surface area contributed by atoms with Crippen LogP contribution < -0.4 is 10.6 Å². The van der Waals surface area contributed by atoms with Crippen molar-refractivity contribution in [2.75, 3.05) is 11.9 Å². The van der Waals surface area contributed by atoms with E-state index in [0.29, 0.717) is 6.42 Å². The number of anilines is 1. The van der Waals surface area contributed by atoms with Crippen molar-refractivity contribution in [2.24, 2.45) is 5.73 Å². The predicted molar refractivity (Wildman–Crippen MR) is 87.3 cm³/mol. The first-order chi connectivity index (χ1) is 10.1. The number of nitrogens with zero attached hydrogens (tertiary/aromatic N) is 1. The molecule has 0 aliphatic carbocycles. The number of aryl methyl sites for hydroxylation is 2. The highest BCUT2D eigenvalue weighted by molar-refractivity contribution is 5.96. The average Bonchev–Trinajstić information content (AvgIpc) is 2.53. The van der Waals surface area contributed by atoms with Gasteiger partial charge in [-0.1, -0.05) is 48.0 Å². The molecule has 2 aromatic rings. The summed E-state index contributed by atoms with van der Waals surface area (Å²) in [6.45, 7) is 2.02. The third-order valence-corrected chi connectivity index (χ3v) is 3.66. The van der Waals surface area contributed by atoms with Crippen molar-refractivity contribution in [3.05, 3.63) is 65.7 Å². The first-order valence-corrected chi connectivity index (χ1v) is 7.21. The van der Waals surface area contributed by atoms with Crippen molar-refractivity contribution < 1.29 is 4.79 Å². The van der Waals surface area contributed by atoms with Crippen molar-refractivity contribution in [3.63, 3.8) is 0 Å². The van der Waals surface area contributed by atoms with E-state index >= 15 is 0 Å². The molecule has 0 aliphatic heterocycles. The molecule has 1 unspecified atom stereocenters. The van der Waals surface area contributed by atoms with Crippen molar-refractivity contribution >= 4 is 11.6 Å². The third kappa shape index (κ3) is 4.17. The highest BCUT2D eigenvalue weighted by Gasteiger charge is 2.18. The summed E-state index contributed by atoms with van der Waals surface area (Å²) in [5.41, 5.74) is 9.30. The van der Waals surface area contributed by atoms with Gasteiger partial charge in [0.2, 0.25) is 5.91 Å². The summed E-state index contributed by atoms with van der Waals surface area (Å²) in [4.78, 5) is 14.0. The number of nitrogens with two attached hydrogens (primary N) is 1. The third-order valence-electron chi connectivity index (χ3n) is 3.66. The minimum Gasteiger partial charge on any atom is -0.320 e. The van der Waals surface area contributed by atoms with Gasteiger partial charge in [0.1, 0.15) is 0 Å². The largest absolute Gasteiger partial charge is 0.320 e. The number of likely N-dealkylation sites (N-methyl/N-ethyl adjacent to an activating group) is 1.